The van der Waals surface area contributed by atoms with Crippen LogP contribution in [0.25, 0.3) is 0 Å². The Morgan fingerprint density at radius 2 is 2.05 bits per heavy atom. The summed E-state index contributed by atoms with van der Waals surface area (Å²) in [5.41, 5.74) is 0.993. The van der Waals surface area contributed by atoms with Crippen molar-refractivity contribution in [2.75, 3.05) is 19.6 Å². The number of nitrogens with zero attached hydrogens (tertiary/aromatic N) is 1. The predicted molar refractivity (Wildman–Crippen MR) is 79.5 cm³/mol. The van der Waals surface area contributed by atoms with Crippen molar-refractivity contribution in [2.24, 2.45) is 5.92 Å². The van der Waals surface area contributed by atoms with Crippen molar-refractivity contribution in [3.8, 4) is 5.75 Å². The van der Waals surface area contributed by atoms with Crippen LogP contribution in [0.1, 0.15) is 38.3 Å². The second-order valence-corrected chi connectivity index (χ2v) is 5.65. The maximum atomic E-state index is 10.9. The Morgan fingerprint density at radius 1 is 1.40 bits per heavy atom. The summed E-state index contributed by atoms with van der Waals surface area (Å²) in [4.78, 5) is 13.3. The Bertz CT molecular complexity index is 454. The highest BCUT2D eigenvalue weighted by Gasteiger charge is 2.24. The van der Waals surface area contributed by atoms with Gasteiger partial charge in [0, 0.05) is 25.1 Å². The summed E-state index contributed by atoms with van der Waals surface area (Å²) < 4.78 is 0. The van der Waals surface area contributed by atoms with E-state index in [0.717, 1.165) is 38.0 Å². The molecule has 2 rings (SSSR count). The molecule has 4 nitrogen and oxygen atoms in total. The van der Waals surface area contributed by atoms with Crippen molar-refractivity contribution in [1.29, 1.82) is 0 Å². The van der Waals surface area contributed by atoms with Gasteiger partial charge in [-0.3, -0.25) is 9.69 Å². The summed E-state index contributed by atoms with van der Waals surface area (Å²) in [6, 6.07) is 7.79. The topological polar surface area (TPSA) is 52.6 Å². The second kappa shape index (κ2) is 6.75. The van der Waals surface area contributed by atoms with Crippen LogP contribution in [0, 0.1) is 5.92 Å². The molecule has 2 N–H and O–H groups in total. The van der Waals surface area contributed by atoms with E-state index in [1.165, 1.54) is 0 Å². The van der Waals surface area contributed by atoms with Crippen LogP contribution < -0.4 is 5.32 Å². The van der Waals surface area contributed by atoms with Gasteiger partial charge in [0.05, 0.1) is 0 Å². The lowest BCUT2D eigenvalue weighted by Crippen LogP contribution is -2.39. The van der Waals surface area contributed by atoms with Gasteiger partial charge in [-0.2, -0.15) is 0 Å². The highest BCUT2D eigenvalue weighted by molar-refractivity contribution is 5.72. The van der Waals surface area contributed by atoms with Gasteiger partial charge in [-0.15, -0.1) is 0 Å². The van der Waals surface area contributed by atoms with Crippen LogP contribution in [0.5, 0.6) is 5.75 Å². The number of phenolic OH excluding ortho intramolecular Hbond substituents is 1. The zero-order valence-corrected chi connectivity index (χ0v) is 12.3. The van der Waals surface area contributed by atoms with E-state index in [0.29, 0.717) is 11.7 Å². The molecule has 0 bridgehead atoms. The monoisotopic (exact) mass is 276 g/mol. The van der Waals surface area contributed by atoms with Crippen LogP contribution in [-0.4, -0.2) is 35.5 Å². The quantitative estimate of drug-likeness (QED) is 0.887. The van der Waals surface area contributed by atoms with E-state index in [2.05, 4.69) is 17.1 Å². The molecule has 1 fully saturated rings. The summed E-state index contributed by atoms with van der Waals surface area (Å²) >= 11 is 0. The molecule has 20 heavy (non-hydrogen) atoms. The molecule has 0 saturated carbocycles. The molecule has 1 atom stereocenters. The van der Waals surface area contributed by atoms with Gasteiger partial charge >= 0.3 is 0 Å². The summed E-state index contributed by atoms with van der Waals surface area (Å²) in [6.07, 6.45) is 2.19. The number of amides is 1. The zero-order chi connectivity index (χ0) is 14.5. The molecule has 110 valence electrons. The van der Waals surface area contributed by atoms with Gasteiger partial charge in [-0.05, 0) is 44.8 Å². The molecule has 4 heteroatoms. The number of nitrogens with one attached hydrogen (secondary N) is 1. The minimum atomic E-state index is 0.0509. The van der Waals surface area contributed by atoms with Crippen LogP contribution in [-0.2, 0) is 4.79 Å². The Morgan fingerprint density at radius 3 is 2.65 bits per heavy atom. The number of piperidine rings is 1. The molecule has 1 aliphatic heterocycles. The molecule has 1 heterocycles. The van der Waals surface area contributed by atoms with E-state index in [1.807, 2.05) is 18.2 Å². The van der Waals surface area contributed by atoms with Crippen LogP contribution >= 0.6 is 0 Å². The van der Waals surface area contributed by atoms with Crippen LogP contribution in [0.3, 0.4) is 0 Å². The average molecular weight is 276 g/mol. The standard InChI is InChI=1S/C16H24N2O2/c1-12(15-5-3-4-6-16(15)20)18-9-7-14(8-10-18)11-17-13(2)19/h3-6,12,14,20H,7-11H2,1-2H3,(H,17,19). The maximum absolute atomic E-state index is 10.9. The number of carbonyl (C=O) groups excluding carboxylic acids is 1. The summed E-state index contributed by atoms with van der Waals surface area (Å²) in [6.45, 7) is 6.52. The lowest BCUT2D eigenvalue weighted by atomic mass is 9.94. The van der Waals surface area contributed by atoms with Gasteiger partial charge in [-0.1, -0.05) is 18.2 Å². The van der Waals surface area contributed by atoms with E-state index in [9.17, 15) is 9.90 Å². The van der Waals surface area contributed by atoms with Gasteiger partial charge in [0.2, 0.25) is 5.91 Å². The Labute approximate surface area is 120 Å². The SMILES string of the molecule is CC(=O)NCC1CCN(C(C)c2ccccc2O)CC1. The van der Waals surface area contributed by atoms with E-state index >= 15 is 0 Å². The summed E-state index contributed by atoms with van der Waals surface area (Å²) in [5.74, 6) is 1.00. The van der Waals surface area contributed by atoms with Gasteiger partial charge in [0.25, 0.3) is 0 Å². The van der Waals surface area contributed by atoms with Crippen molar-refractivity contribution in [3.63, 3.8) is 0 Å². The fraction of sp³-hybridized carbons (Fsp3) is 0.562. The third-order valence-corrected chi connectivity index (χ3v) is 4.22. The Kier molecular flexibility index (Phi) is 5.01. The molecule has 1 unspecified atom stereocenters. The minimum Gasteiger partial charge on any atom is -0.508 e. The fourth-order valence-electron chi connectivity index (χ4n) is 2.87. The number of hydrogen-bond acceptors (Lipinski definition) is 3. The molecule has 1 amide bonds. The molecule has 0 aliphatic carbocycles. The molecule has 1 saturated heterocycles. The zero-order valence-electron chi connectivity index (χ0n) is 12.3. The number of para-hydroxylation sites is 1. The third kappa shape index (κ3) is 3.73. The van der Waals surface area contributed by atoms with Crippen molar-refractivity contribution in [1.82, 2.24) is 10.2 Å². The molecular formula is C16H24N2O2. The molecular weight excluding hydrogens is 252 g/mol. The van der Waals surface area contributed by atoms with Gasteiger partial charge in [0.1, 0.15) is 5.75 Å². The van der Waals surface area contributed by atoms with E-state index < -0.39 is 0 Å². The molecule has 1 aromatic rings. The first kappa shape index (κ1) is 14.9. The molecule has 1 aliphatic rings. The van der Waals surface area contributed by atoms with Crippen LogP contribution in [0.15, 0.2) is 24.3 Å². The first-order chi connectivity index (χ1) is 9.58. The summed E-state index contributed by atoms with van der Waals surface area (Å²) in [5, 5.41) is 12.8. The van der Waals surface area contributed by atoms with Crippen molar-refractivity contribution in [3.05, 3.63) is 29.8 Å². The van der Waals surface area contributed by atoms with E-state index in [1.54, 1.807) is 13.0 Å². The Balaban J connectivity index is 1.87. The van der Waals surface area contributed by atoms with Gasteiger partial charge < -0.3 is 10.4 Å². The van der Waals surface area contributed by atoms with Gasteiger partial charge in [-0.25, -0.2) is 0 Å². The van der Waals surface area contributed by atoms with Crippen LogP contribution in [0.2, 0.25) is 0 Å². The van der Waals surface area contributed by atoms with Gasteiger partial charge in [0.15, 0.2) is 0 Å². The molecule has 1 aromatic carbocycles. The third-order valence-electron chi connectivity index (χ3n) is 4.22. The number of benzene rings is 1. The lowest BCUT2D eigenvalue weighted by Gasteiger charge is -2.36. The fourth-order valence-corrected chi connectivity index (χ4v) is 2.87. The predicted octanol–water partition coefficient (Wildman–Crippen LogP) is 2.30. The van der Waals surface area contributed by atoms with Crippen molar-refractivity contribution < 1.29 is 9.90 Å². The maximum Gasteiger partial charge on any atom is 0.216 e. The Hall–Kier alpha value is -1.55. The van der Waals surface area contributed by atoms with E-state index in [-0.39, 0.29) is 11.9 Å². The van der Waals surface area contributed by atoms with Crippen LogP contribution in [0.4, 0.5) is 0 Å². The number of hydrogen-bond donors (Lipinski definition) is 2. The largest absolute Gasteiger partial charge is 0.508 e. The number of carbonyl (C=O) groups is 1. The first-order valence-corrected chi connectivity index (χ1v) is 7.34. The minimum absolute atomic E-state index is 0.0509. The summed E-state index contributed by atoms with van der Waals surface area (Å²) in [7, 11) is 0. The average Bonchev–Trinajstić information content (AvgIpc) is 2.45. The number of rotatable bonds is 4. The highest BCUT2D eigenvalue weighted by atomic mass is 16.3. The second-order valence-electron chi connectivity index (χ2n) is 5.65. The number of likely N-dealkylation sites (tertiary alicyclic amines) is 1. The molecule has 0 spiro atoms. The first-order valence-electron chi connectivity index (χ1n) is 7.34. The lowest BCUT2D eigenvalue weighted by molar-refractivity contribution is -0.119. The normalized spacial score (nSPS) is 18.7. The van der Waals surface area contributed by atoms with E-state index in [4.69, 9.17) is 0 Å². The highest BCUT2D eigenvalue weighted by Crippen LogP contribution is 2.30. The molecule has 0 aromatic heterocycles. The number of phenols is 1. The smallest absolute Gasteiger partial charge is 0.216 e. The van der Waals surface area contributed by atoms with Crippen molar-refractivity contribution >= 4 is 5.91 Å². The van der Waals surface area contributed by atoms with Crippen molar-refractivity contribution in [2.45, 2.75) is 32.7 Å². The molecule has 0 radical (unpaired) electrons. The number of aromatic hydroxyl groups is 1.